The Morgan fingerprint density at radius 2 is 2.28 bits per heavy atom. The van der Waals surface area contributed by atoms with Gasteiger partial charge in [0.1, 0.15) is 18.7 Å². The van der Waals surface area contributed by atoms with Crippen molar-refractivity contribution in [2.24, 2.45) is 5.92 Å². The van der Waals surface area contributed by atoms with Crippen LogP contribution in [0.2, 0.25) is 0 Å². The van der Waals surface area contributed by atoms with E-state index in [-0.39, 0.29) is 11.3 Å². The molecule has 2 heterocycles. The molecule has 2 amide bonds. The zero-order valence-electron chi connectivity index (χ0n) is 9.69. The normalized spacial score (nSPS) is 35.9. The first-order valence-corrected chi connectivity index (χ1v) is 5.62. The van der Waals surface area contributed by atoms with Gasteiger partial charge in [-0.15, -0.1) is 0 Å². The van der Waals surface area contributed by atoms with Crippen LogP contribution in [0.4, 0.5) is 9.50 Å². The lowest BCUT2D eigenvalue weighted by molar-refractivity contribution is -0.118. The smallest absolute Gasteiger partial charge is 0.321 e. The minimum absolute atomic E-state index is 0. The predicted octanol–water partition coefficient (Wildman–Crippen LogP) is -1.21. The van der Waals surface area contributed by atoms with Crippen molar-refractivity contribution in [3.8, 4) is 0 Å². The molecule has 0 aromatic rings. The van der Waals surface area contributed by atoms with Gasteiger partial charge in [0.15, 0.2) is 0 Å². The molecule has 2 fully saturated rings. The van der Waals surface area contributed by atoms with Gasteiger partial charge in [-0.25, -0.2) is 4.79 Å². The summed E-state index contributed by atoms with van der Waals surface area (Å²) in [5.41, 5.74) is 0. The lowest BCUT2D eigenvalue weighted by Gasteiger charge is -2.35. The summed E-state index contributed by atoms with van der Waals surface area (Å²) in [6.45, 7) is 0.166. The number of halogens is 1. The topological polar surface area (TPSA) is 99.1 Å². The van der Waals surface area contributed by atoms with Crippen LogP contribution in [-0.2, 0) is 9.53 Å². The average molecular weight is 264 g/mol. The number of aldehydes is 1. The van der Waals surface area contributed by atoms with E-state index < -0.39 is 30.5 Å². The summed E-state index contributed by atoms with van der Waals surface area (Å²) in [5, 5.41) is 20.6. The van der Waals surface area contributed by atoms with E-state index in [1.807, 2.05) is 0 Å². The maximum Gasteiger partial charge on any atom is 0.321 e. The second-order valence-corrected chi connectivity index (χ2v) is 4.31. The first-order valence-electron chi connectivity index (χ1n) is 5.62. The van der Waals surface area contributed by atoms with Crippen LogP contribution in [0.15, 0.2) is 0 Å². The fourth-order valence-electron chi connectivity index (χ4n) is 2.22. The SMILES string of the molecule is F.O=CC1CC(CO)O[C@H]1N1CCC(O)NC1=O. The van der Waals surface area contributed by atoms with Gasteiger partial charge in [0, 0.05) is 13.0 Å². The van der Waals surface area contributed by atoms with Crippen molar-refractivity contribution >= 4 is 12.3 Å². The molecule has 3 unspecified atom stereocenters. The highest BCUT2D eigenvalue weighted by atomic mass is 19.0. The van der Waals surface area contributed by atoms with Crippen molar-refractivity contribution < 1.29 is 29.2 Å². The summed E-state index contributed by atoms with van der Waals surface area (Å²) in [7, 11) is 0. The molecule has 8 heteroatoms. The van der Waals surface area contributed by atoms with Crippen molar-refractivity contribution in [2.75, 3.05) is 13.2 Å². The molecule has 2 saturated heterocycles. The van der Waals surface area contributed by atoms with E-state index in [4.69, 9.17) is 9.84 Å². The maximum absolute atomic E-state index is 11.6. The van der Waals surface area contributed by atoms with Gasteiger partial charge in [0.25, 0.3) is 0 Å². The quantitative estimate of drug-likeness (QED) is 0.556. The molecule has 3 N–H and O–H groups in total. The zero-order chi connectivity index (χ0) is 12.4. The molecule has 2 rings (SSSR count). The Hall–Kier alpha value is -1.25. The van der Waals surface area contributed by atoms with E-state index >= 15 is 0 Å². The van der Waals surface area contributed by atoms with Crippen molar-refractivity contribution in [1.29, 1.82) is 0 Å². The Morgan fingerprint density at radius 1 is 1.56 bits per heavy atom. The third-order valence-electron chi connectivity index (χ3n) is 3.11. The van der Waals surface area contributed by atoms with Crippen molar-refractivity contribution in [1.82, 2.24) is 10.2 Å². The second kappa shape index (κ2) is 6.07. The van der Waals surface area contributed by atoms with E-state index in [0.29, 0.717) is 19.4 Å². The fraction of sp³-hybridized carbons (Fsp3) is 0.800. The largest absolute Gasteiger partial charge is 0.394 e. The highest BCUT2D eigenvalue weighted by molar-refractivity contribution is 5.76. The first-order chi connectivity index (χ1) is 8.15. The molecule has 2 aliphatic heterocycles. The van der Waals surface area contributed by atoms with Crippen LogP contribution in [0.5, 0.6) is 0 Å². The third kappa shape index (κ3) is 2.77. The average Bonchev–Trinajstić information content (AvgIpc) is 2.72. The second-order valence-electron chi connectivity index (χ2n) is 4.31. The van der Waals surface area contributed by atoms with Crippen LogP contribution in [0, 0.1) is 5.92 Å². The highest BCUT2D eigenvalue weighted by Crippen LogP contribution is 2.28. The molecule has 7 nitrogen and oxygen atoms in total. The van der Waals surface area contributed by atoms with Crippen LogP contribution in [0.25, 0.3) is 0 Å². The molecular weight excluding hydrogens is 247 g/mol. The fourth-order valence-corrected chi connectivity index (χ4v) is 2.22. The molecule has 0 aromatic carbocycles. The number of hydrogen-bond donors (Lipinski definition) is 3. The van der Waals surface area contributed by atoms with Crippen LogP contribution < -0.4 is 5.32 Å². The molecule has 0 radical (unpaired) electrons. The third-order valence-corrected chi connectivity index (χ3v) is 3.11. The van der Waals surface area contributed by atoms with Crippen molar-refractivity contribution in [2.45, 2.75) is 31.4 Å². The Morgan fingerprint density at radius 3 is 2.83 bits per heavy atom. The summed E-state index contributed by atoms with van der Waals surface area (Å²) in [6.07, 6.45) is -0.341. The van der Waals surface area contributed by atoms with Gasteiger partial charge in [-0.1, -0.05) is 0 Å². The Labute approximate surface area is 103 Å². The minimum atomic E-state index is -0.844. The molecular formula is C10H17FN2O5. The number of nitrogens with zero attached hydrogens (tertiary/aromatic N) is 1. The van der Waals surface area contributed by atoms with Crippen LogP contribution in [0.1, 0.15) is 12.8 Å². The summed E-state index contributed by atoms with van der Waals surface area (Å²) in [6, 6.07) is -0.445. The molecule has 104 valence electrons. The molecule has 0 spiro atoms. The summed E-state index contributed by atoms with van der Waals surface area (Å²) in [5.74, 6) is -0.423. The number of urea groups is 1. The standard InChI is InChI=1S/C10H16N2O5.FH/c13-4-6-3-7(5-14)17-9(6)12-2-1-8(15)11-10(12)16;/h4,6-9,14-15H,1-3,5H2,(H,11,16);1H/t6?,7?,8?,9-;/m1./s1. The highest BCUT2D eigenvalue weighted by Gasteiger charge is 2.42. The molecule has 4 atom stereocenters. The van der Waals surface area contributed by atoms with Gasteiger partial charge >= 0.3 is 6.03 Å². The van der Waals surface area contributed by atoms with Gasteiger partial charge < -0.3 is 25.1 Å². The number of nitrogens with one attached hydrogen (secondary N) is 1. The first kappa shape index (κ1) is 14.8. The Bertz CT molecular complexity index is 317. The Kier molecular flexibility index (Phi) is 5.00. The van der Waals surface area contributed by atoms with Gasteiger partial charge in [0.05, 0.1) is 18.6 Å². The van der Waals surface area contributed by atoms with Crippen LogP contribution >= 0.6 is 0 Å². The van der Waals surface area contributed by atoms with E-state index in [2.05, 4.69) is 5.32 Å². The minimum Gasteiger partial charge on any atom is -0.394 e. The van der Waals surface area contributed by atoms with E-state index in [0.717, 1.165) is 6.29 Å². The zero-order valence-corrected chi connectivity index (χ0v) is 9.69. The van der Waals surface area contributed by atoms with Crippen molar-refractivity contribution in [3.05, 3.63) is 0 Å². The molecule has 0 aromatic heterocycles. The van der Waals surface area contributed by atoms with E-state index in [9.17, 15) is 14.7 Å². The van der Waals surface area contributed by atoms with Crippen LogP contribution in [0.3, 0.4) is 0 Å². The van der Waals surface area contributed by atoms with E-state index in [1.54, 1.807) is 0 Å². The number of carbonyl (C=O) groups is 2. The number of carbonyl (C=O) groups excluding carboxylic acids is 2. The monoisotopic (exact) mass is 264 g/mol. The van der Waals surface area contributed by atoms with Crippen molar-refractivity contribution in [3.63, 3.8) is 0 Å². The van der Waals surface area contributed by atoms with Gasteiger partial charge in [0.2, 0.25) is 0 Å². The van der Waals surface area contributed by atoms with E-state index in [1.165, 1.54) is 4.90 Å². The van der Waals surface area contributed by atoms with Gasteiger partial charge in [-0.3, -0.25) is 9.60 Å². The van der Waals surface area contributed by atoms with Gasteiger partial charge in [-0.05, 0) is 6.42 Å². The number of hydrogen-bond acceptors (Lipinski definition) is 5. The summed E-state index contributed by atoms with van der Waals surface area (Å²) < 4.78 is 5.46. The lowest BCUT2D eigenvalue weighted by atomic mass is 10.0. The molecule has 0 bridgehead atoms. The number of ether oxygens (including phenoxy) is 1. The number of aliphatic hydroxyl groups is 2. The molecule has 0 saturated carbocycles. The Balaban J connectivity index is 0.00000162. The molecule has 2 aliphatic rings. The summed E-state index contributed by atoms with van der Waals surface area (Å²) in [4.78, 5) is 24.0. The number of aliphatic hydroxyl groups excluding tert-OH is 2. The summed E-state index contributed by atoms with van der Waals surface area (Å²) >= 11 is 0. The number of amides is 2. The van der Waals surface area contributed by atoms with Gasteiger partial charge in [-0.2, -0.15) is 0 Å². The lowest BCUT2D eigenvalue weighted by Crippen LogP contribution is -2.56. The molecule has 18 heavy (non-hydrogen) atoms. The predicted molar refractivity (Wildman–Crippen MR) is 58.3 cm³/mol. The van der Waals surface area contributed by atoms with Crippen LogP contribution in [-0.4, -0.2) is 59.1 Å². The molecule has 0 aliphatic carbocycles. The maximum atomic E-state index is 11.6. The number of rotatable bonds is 3.